The Morgan fingerprint density at radius 2 is 1.70 bits per heavy atom. The van der Waals surface area contributed by atoms with Gasteiger partial charge in [0.15, 0.2) is 5.15 Å². The van der Waals surface area contributed by atoms with E-state index in [0.29, 0.717) is 17.1 Å². The van der Waals surface area contributed by atoms with Crippen LogP contribution < -0.4 is 5.32 Å². The molecule has 0 aliphatic heterocycles. The van der Waals surface area contributed by atoms with E-state index in [4.69, 9.17) is 11.6 Å². The fourth-order valence-electron chi connectivity index (χ4n) is 3.01. The van der Waals surface area contributed by atoms with Gasteiger partial charge >= 0.3 is 0 Å². The molecule has 3 heteroatoms. The van der Waals surface area contributed by atoms with Crippen LogP contribution in [0.3, 0.4) is 0 Å². The fraction of sp³-hybridized carbons (Fsp3) is 0.353. The van der Waals surface area contributed by atoms with Gasteiger partial charge in [0.1, 0.15) is 0 Å². The second-order valence-corrected chi connectivity index (χ2v) is 5.80. The average molecular weight is 287 g/mol. The predicted octanol–water partition coefficient (Wildman–Crippen LogP) is 4.87. The van der Waals surface area contributed by atoms with Gasteiger partial charge in [-0.15, -0.1) is 0 Å². The van der Waals surface area contributed by atoms with Crippen LogP contribution in [0.25, 0.3) is 0 Å². The molecule has 2 nitrogen and oxygen atoms in total. The van der Waals surface area contributed by atoms with Crippen molar-refractivity contribution in [3.63, 3.8) is 0 Å². The van der Waals surface area contributed by atoms with Crippen molar-refractivity contribution in [1.29, 1.82) is 0 Å². The molecule has 0 unspecified atom stereocenters. The van der Waals surface area contributed by atoms with Crippen LogP contribution >= 0.6 is 11.6 Å². The monoisotopic (exact) mass is 286 g/mol. The molecular weight excluding hydrogens is 268 g/mol. The Morgan fingerprint density at radius 3 is 2.40 bits per heavy atom. The zero-order chi connectivity index (χ0) is 13.8. The molecule has 1 aliphatic rings. The van der Waals surface area contributed by atoms with Gasteiger partial charge in [-0.05, 0) is 49.3 Å². The van der Waals surface area contributed by atoms with Crippen molar-refractivity contribution >= 4 is 17.3 Å². The summed E-state index contributed by atoms with van der Waals surface area (Å²) in [5.41, 5.74) is 2.43. The van der Waals surface area contributed by atoms with E-state index in [0.717, 1.165) is 5.69 Å². The minimum Gasteiger partial charge on any atom is -0.380 e. The Labute approximate surface area is 125 Å². The highest BCUT2D eigenvalue weighted by molar-refractivity contribution is 6.31. The van der Waals surface area contributed by atoms with Crippen LogP contribution in [0.4, 0.5) is 5.69 Å². The smallest absolute Gasteiger partial charge is 0.152 e. The highest BCUT2D eigenvalue weighted by Gasteiger charge is 2.22. The third-order valence-electron chi connectivity index (χ3n) is 4.12. The Morgan fingerprint density at radius 1 is 0.950 bits per heavy atom. The molecule has 1 N–H and O–H groups in total. The quantitative estimate of drug-likeness (QED) is 0.814. The second kappa shape index (κ2) is 6.27. The Kier molecular flexibility index (Phi) is 4.22. The summed E-state index contributed by atoms with van der Waals surface area (Å²) in [6.45, 7) is 0. The van der Waals surface area contributed by atoms with Crippen molar-refractivity contribution < 1.29 is 0 Å². The molecule has 0 radical (unpaired) electrons. The van der Waals surface area contributed by atoms with E-state index in [-0.39, 0.29) is 0 Å². The van der Waals surface area contributed by atoms with Gasteiger partial charge < -0.3 is 5.32 Å². The first-order chi connectivity index (χ1) is 9.83. The first-order valence-corrected chi connectivity index (χ1v) is 7.63. The van der Waals surface area contributed by atoms with E-state index in [1.54, 1.807) is 6.20 Å². The Hall–Kier alpha value is -1.54. The van der Waals surface area contributed by atoms with Gasteiger partial charge in [-0.2, -0.15) is 0 Å². The lowest BCUT2D eigenvalue weighted by Gasteiger charge is -2.30. The molecule has 20 heavy (non-hydrogen) atoms. The highest BCUT2D eigenvalue weighted by Crippen LogP contribution is 2.34. The van der Waals surface area contributed by atoms with Crippen molar-refractivity contribution in [2.75, 3.05) is 5.32 Å². The molecule has 1 aromatic carbocycles. The lowest BCUT2D eigenvalue weighted by atomic mass is 9.82. The lowest BCUT2D eigenvalue weighted by molar-refractivity contribution is 0.412. The summed E-state index contributed by atoms with van der Waals surface area (Å²) in [4.78, 5) is 4.11. The maximum atomic E-state index is 6.09. The van der Waals surface area contributed by atoms with Crippen molar-refractivity contribution in [2.45, 2.75) is 37.6 Å². The minimum absolute atomic E-state index is 0.511. The number of halogens is 1. The van der Waals surface area contributed by atoms with Crippen LogP contribution in [-0.4, -0.2) is 11.0 Å². The number of pyridine rings is 1. The van der Waals surface area contributed by atoms with E-state index in [1.807, 2.05) is 12.1 Å². The molecule has 1 heterocycles. The van der Waals surface area contributed by atoms with Gasteiger partial charge in [0, 0.05) is 12.2 Å². The van der Waals surface area contributed by atoms with Gasteiger partial charge in [-0.1, -0.05) is 41.9 Å². The summed E-state index contributed by atoms with van der Waals surface area (Å²) >= 11 is 6.09. The number of nitrogens with zero attached hydrogens (tertiary/aromatic N) is 1. The second-order valence-electron chi connectivity index (χ2n) is 5.45. The maximum Gasteiger partial charge on any atom is 0.152 e. The largest absolute Gasteiger partial charge is 0.380 e. The Bertz CT molecular complexity index is 548. The highest BCUT2D eigenvalue weighted by atomic mass is 35.5. The van der Waals surface area contributed by atoms with Crippen LogP contribution in [0.2, 0.25) is 5.15 Å². The molecule has 104 valence electrons. The number of rotatable bonds is 3. The standard InChI is InChI=1S/C17H19ClN2/c18-17-16(7-4-12-19-17)20-15-10-8-14(9-11-15)13-5-2-1-3-6-13/h1-7,12,14-15,20H,8-11H2. The molecule has 0 atom stereocenters. The molecular formula is C17H19ClN2. The third-order valence-corrected chi connectivity index (χ3v) is 4.42. The van der Waals surface area contributed by atoms with Crippen LogP contribution in [0.5, 0.6) is 0 Å². The summed E-state index contributed by atoms with van der Waals surface area (Å²) in [5, 5.41) is 4.09. The van der Waals surface area contributed by atoms with E-state index in [2.05, 4.69) is 40.6 Å². The van der Waals surface area contributed by atoms with E-state index >= 15 is 0 Å². The molecule has 2 aromatic rings. The molecule has 0 saturated heterocycles. The molecule has 1 aromatic heterocycles. The van der Waals surface area contributed by atoms with Crippen molar-refractivity contribution in [2.24, 2.45) is 0 Å². The first-order valence-electron chi connectivity index (χ1n) is 7.25. The van der Waals surface area contributed by atoms with Crippen molar-refractivity contribution in [3.05, 3.63) is 59.4 Å². The van der Waals surface area contributed by atoms with Crippen LogP contribution in [0, 0.1) is 0 Å². The van der Waals surface area contributed by atoms with E-state index < -0.39 is 0 Å². The number of nitrogens with one attached hydrogen (secondary N) is 1. The molecule has 1 aliphatic carbocycles. The van der Waals surface area contributed by atoms with Crippen LogP contribution in [0.15, 0.2) is 48.7 Å². The molecule has 0 bridgehead atoms. The molecule has 3 rings (SSSR count). The molecule has 1 saturated carbocycles. The normalized spacial score (nSPS) is 22.4. The van der Waals surface area contributed by atoms with Crippen molar-refractivity contribution in [1.82, 2.24) is 4.98 Å². The Balaban J connectivity index is 1.58. The van der Waals surface area contributed by atoms with Gasteiger partial charge in [-0.25, -0.2) is 4.98 Å². The first kappa shape index (κ1) is 13.4. The molecule has 0 amide bonds. The summed E-state index contributed by atoms with van der Waals surface area (Å²) in [5.74, 6) is 0.707. The number of aromatic nitrogens is 1. The zero-order valence-corrected chi connectivity index (χ0v) is 12.2. The summed E-state index contributed by atoms with van der Waals surface area (Å²) in [7, 11) is 0. The van der Waals surface area contributed by atoms with E-state index in [1.165, 1.54) is 31.2 Å². The lowest BCUT2D eigenvalue weighted by Crippen LogP contribution is -2.25. The zero-order valence-electron chi connectivity index (χ0n) is 11.4. The van der Waals surface area contributed by atoms with Crippen LogP contribution in [0.1, 0.15) is 37.2 Å². The number of hydrogen-bond acceptors (Lipinski definition) is 2. The van der Waals surface area contributed by atoms with Gasteiger partial charge in [0.25, 0.3) is 0 Å². The maximum absolute atomic E-state index is 6.09. The van der Waals surface area contributed by atoms with Gasteiger partial charge in [0.2, 0.25) is 0 Å². The van der Waals surface area contributed by atoms with E-state index in [9.17, 15) is 0 Å². The summed E-state index contributed by atoms with van der Waals surface area (Å²) < 4.78 is 0. The fourth-order valence-corrected chi connectivity index (χ4v) is 3.18. The average Bonchev–Trinajstić information content (AvgIpc) is 2.51. The molecule has 1 fully saturated rings. The molecule has 0 spiro atoms. The minimum atomic E-state index is 0.511. The SMILES string of the molecule is Clc1ncccc1NC1CCC(c2ccccc2)CC1. The van der Waals surface area contributed by atoms with Crippen LogP contribution in [-0.2, 0) is 0 Å². The van der Waals surface area contributed by atoms with Gasteiger partial charge in [0.05, 0.1) is 5.69 Å². The number of anilines is 1. The third kappa shape index (κ3) is 3.13. The van der Waals surface area contributed by atoms with Crippen molar-refractivity contribution in [3.8, 4) is 0 Å². The van der Waals surface area contributed by atoms with Gasteiger partial charge in [-0.3, -0.25) is 0 Å². The topological polar surface area (TPSA) is 24.9 Å². The summed E-state index contributed by atoms with van der Waals surface area (Å²) in [6, 6.07) is 15.3. The summed E-state index contributed by atoms with van der Waals surface area (Å²) in [6.07, 6.45) is 6.56. The number of benzene rings is 1. The predicted molar refractivity (Wildman–Crippen MR) is 84.3 cm³/mol. The number of hydrogen-bond donors (Lipinski definition) is 1.